The number of furan rings is 1. The molecule has 0 unspecified atom stereocenters. The number of anilines is 1. The Hall–Kier alpha value is -2.89. The minimum atomic E-state index is -0.290. The molecule has 0 aliphatic heterocycles. The number of hydrogen-bond donors (Lipinski definition) is 0. The van der Waals surface area contributed by atoms with E-state index in [-0.39, 0.29) is 28.1 Å². The van der Waals surface area contributed by atoms with Crippen molar-refractivity contribution in [3.05, 3.63) is 57.3 Å². The molecule has 2 heterocycles. The quantitative estimate of drug-likeness (QED) is 0.735. The highest BCUT2D eigenvalue weighted by atomic mass is 16.3. The summed E-state index contributed by atoms with van der Waals surface area (Å²) in [7, 11) is 1.60. The van der Waals surface area contributed by atoms with Gasteiger partial charge in [-0.1, -0.05) is 12.1 Å². The number of nitrogens with zero attached hydrogens (tertiary/aromatic N) is 3. The van der Waals surface area contributed by atoms with Crippen LogP contribution in [0.2, 0.25) is 0 Å². The fourth-order valence-corrected chi connectivity index (χ4v) is 3.01. The molecule has 0 N–H and O–H groups in total. The molecule has 1 amide bonds. The van der Waals surface area contributed by atoms with Gasteiger partial charge in [-0.25, -0.2) is 4.98 Å². The fraction of sp³-hybridized carbons (Fsp3) is 0.316. The summed E-state index contributed by atoms with van der Waals surface area (Å²) in [5.41, 5.74) is 3.09. The predicted molar refractivity (Wildman–Crippen MR) is 97.3 cm³/mol. The zero-order chi connectivity index (χ0) is 18.3. The molecule has 0 atom stereocenters. The van der Waals surface area contributed by atoms with Crippen LogP contribution in [0.25, 0.3) is 11.1 Å². The van der Waals surface area contributed by atoms with Crippen LogP contribution in [-0.4, -0.2) is 22.0 Å². The van der Waals surface area contributed by atoms with Crippen LogP contribution in [0.3, 0.4) is 0 Å². The van der Waals surface area contributed by atoms with Gasteiger partial charge in [-0.2, -0.15) is 0 Å². The van der Waals surface area contributed by atoms with Gasteiger partial charge in [0.05, 0.1) is 5.56 Å². The molecule has 0 aliphatic rings. The number of carbonyl (C=O) groups is 1. The summed E-state index contributed by atoms with van der Waals surface area (Å²) >= 11 is 0. The first-order valence-corrected chi connectivity index (χ1v) is 8.19. The number of hydrogen-bond acceptors (Lipinski definition) is 4. The Balaban J connectivity index is 2.22. The third-order valence-electron chi connectivity index (χ3n) is 4.38. The monoisotopic (exact) mass is 339 g/mol. The van der Waals surface area contributed by atoms with E-state index in [2.05, 4.69) is 4.98 Å². The van der Waals surface area contributed by atoms with E-state index in [1.54, 1.807) is 18.9 Å². The van der Waals surface area contributed by atoms with Crippen LogP contribution < -0.4 is 10.5 Å². The number of aromatic nitrogens is 2. The maximum atomic E-state index is 13.3. The summed E-state index contributed by atoms with van der Waals surface area (Å²) in [6.45, 7) is 8.03. The lowest BCUT2D eigenvalue weighted by atomic mass is 10.1. The number of amides is 1. The number of aryl methyl sites for hydroxylation is 4. The molecule has 0 fully saturated rings. The minimum absolute atomic E-state index is 0.195. The second kappa shape index (κ2) is 6.20. The number of carbonyl (C=O) groups excluding carboxylic acids is 1. The normalized spacial score (nSPS) is 11.1. The lowest BCUT2D eigenvalue weighted by Crippen LogP contribution is -2.32. The molecule has 130 valence electrons. The standard InChI is InChI=1S/C19H21N3O3/c1-6-22(14-9-11(2)7-8-12(14)3)19(24)15-13(4)25-17-16(15)18(23)21(5)10-20-17/h7-10H,6H2,1-5H3. The Morgan fingerprint density at radius 3 is 2.68 bits per heavy atom. The predicted octanol–water partition coefficient (Wildman–Crippen LogP) is 3.12. The zero-order valence-corrected chi connectivity index (χ0v) is 15.1. The Kier molecular flexibility index (Phi) is 4.20. The smallest absolute Gasteiger partial charge is 0.265 e. The highest BCUT2D eigenvalue weighted by Gasteiger charge is 2.27. The van der Waals surface area contributed by atoms with Crippen molar-refractivity contribution in [2.24, 2.45) is 7.05 Å². The maximum Gasteiger partial charge on any atom is 0.265 e. The van der Waals surface area contributed by atoms with E-state index in [0.717, 1.165) is 16.8 Å². The van der Waals surface area contributed by atoms with Crippen LogP contribution in [0, 0.1) is 20.8 Å². The van der Waals surface area contributed by atoms with Gasteiger partial charge >= 0.3 is 0 Å². The minimum Gasteiger partial charge on any atom is -0.442 e. The Morgan fingerprint density at radius 2 is 2.00 bits per heavy atom. The maximum absolute atomic E-state index is 13.3. The third kappa shape index (κ3) is 2.73. The molecule has 0 spiro atoms. The summed E-state index contributed by atoms with van der Waals surface area (Å²) in [4.78, 5) is 31.6. The van der Waals surface area contributed by atoms with Gasteiger partial charge in [-0.15, -0.1) is 0 Å². The van der Waals surface area contributed by atoms with Gasteiger partial charge in [0.1, 0.15) is 17.5 Å². The van der Waals surface area contributed by atoms with Crippen molar-refractivity contribution in [1.29, 1.82) is 0 Å². The molecule has 6 nitrogen and oxygen atoms in total. The molecule has 0 radical (unpaired) electrons. The molecule has 3 rings (SSSR count). The van der Waals surface area contributed by atoms with Gasteiger partial charge in [0.25, 0.3) is 11.5 Å². The molecule has 0 saturated heterocycles. The van der Waals surface area contributed by atoms with Crippen molar-refractivity contribution in [2.75, 3.05) is 11.4 Å². The largest absolute Gasteiger partial charge is 0.442 e. The van der Waals surface area contributed by atoms with Gasteiger partial charge in [-0.05, 0) is 44.9 Å². The fourth-order valence-electron chi connectivity index (χ4n) is 3.01. The molecule has 6 heteroatoms. The summed E-state index contributed by atoms with van der Waals surface area (Å²) in [5, 5.41) is 0.233. The van der Waals surface area contributed by atoms with E-state index in [9.17, 15) is 9.59 Å². The molecule has 1 aromatic carbocycles. The van der Waals surface area contributed by atoms with E-state index >= 15 is 0 Å². The van der Waals surface area contributed by atoms with Crippen LogP contribution in [0.4, 0.5) is 5.69 Å². The lowest BCUT2D eigenvalue weighted by Gasteiger charge is -2.23. The van der Waals surface area contributed by atoms with Crippen LogP contribution >= 0.6 is 0 Å². The third-order valence-corrected chi connectivity index (χ3v) is 4.38. The van der Waals surface area contributed by atoms with Gasteiger partial charge in [0.15, 0.2) is 0 Å². The highest BCUT2D eigenvalue weighted by Crippen LogP contribution is 2.27. The first-order chi connectivity index (χ1) is 11.8. The van der Waals surface area contributed by atoms with E-state index in [4.69, 9.17) is 4.42 Å². The second-order valence-corrected chi connectivity index (χ2v) is 6.21. The van der Waals surface area contributed by atoms with E-state index in [0.29, 0.717) is 12.3 Å². The first kappa shape index (κ1) is 17.0. The van der Waals surface area contributed by atoms with E-state index in [1.807, 2.05) is 39.0 Å². The Labute approximate surface area is 145 Å². The van der Waals surface area contributed by atoms with Gasteiger partial charge in [0.2, 0.25) is 5.71 Å². The van der Waals surface area contributed by atoms with Gasteiger partial charge < -0.3 is 13.9 Å². The van der Waals surface area contributed by atoms with Crippen molar-refractivity contribution in [1.82, 2.24) is 9.55 Å². The Bertz CT molecular complexity index is 1030. The average Bonchev–Trinajstić information content (AvgIpc) is 2.91. The van der Waals surface area contributed by atoms with Crippen LogP contribution in [0.15, 0.2) is 33.7 Å². The van der Waals surface area contributed by atoms with Gasteiger partial charge in [0, 0.05) is 19.3 Å². The van der Waals surface area contributed by atoms with E-state index < -0.39 is 0 Å². The van der Waals surface area contributed by atoms with E-state index in [1.165, 1.54) is 10.9 Å². The van der Waals surface area contributed by atoms with Crippen molar-refractivity contribution < 1.29 is 9.21 Å². The lowest BCUT2D eigenvalue weighted by molar-refractivity contribution is 0.0988. The molecule has 3 aromatic rings. The van der Waals surface area contributed by atoms with Crippen LogP contribution in [-0.2, 0) is 7.05 Å². The highest BCUT2D eigenvalue weighted by molar-refractivity contribution is 6.14. The van der Waals surface area contributed by atoms with Crippen molar-refractivity contribution >= 4 is 22.7 Å². The second-order valence-electron chi connectivity index (χ2n) is 6.21. The molecule has 2 aromatic heterocycles. The first-order valence-electron chi connectivity index (χ1n) is 8.19. The number of benzene rings is 1. The average molecular weight is 339 g/mol. The molecule has 25 heavy (non-hydrogen) atoms. The summed E-state index contributed by atoms with van der Waals surface area (Å²) < 4.78 is 6.92. The SMILES string of the molecule is CCN(C(=O)c1c(C)oc2ncn(C)c(=O)c12)c1cc(C)ccc1C. The molecular weight excluding hydrogens is 318 g/mol. The number of rotatable bonds is 3. The topological polar surface area (TPSA) is 68.3 Å². The van der Waals surface area contributed by atoms with Crippen LogP contribution in [0.1, 0.15) is 34.2 Å². The number of fused-ring (bicyclic) bond motifs is 1. The summed E-state index contributed by atoms with van der Waals surface area (Å²) in [6, 6.07) is 5.97. The zero-order valence-electron chi connectivity index (χ0n) is 15.1. The van der Waals surface area contributed by atoms with Crippen molar-refractivity contribution in [3.63, 3.8) is 0 Å². The Morgan fingerprint density at radius 1 is 1.28 bits per heavy atom. The summed E-state index contributed by atoms with van der Waals surface area (Å²) in [6.07, 6.45) is 1.39. The van der Waals surface area contributed by atoms with Gasteiger partial charge in [-0.3, -0.25) is 9.59 Å². The molecule has 0 aliphatic carbocycles. The molecular formula is C19H21N3O3. The molecule has 0 saturated carbocycles. The van der Waals surface area contributed by atoms with Crippen molar-refractivity contribution in [3.8, 4) is 0 Å². The van der Waals surface area contributed by atoms with Crippen molar-refractivity contribution in [2.45, 2.75) is 27.7 Å². The molecule has 0 bridgehead atoms. The summed E-state index contributed by atoms with van der Waals surface area (Å²) in [5.74, 6) is 0.150. The van der Waals surface area contributed by atoms with Crippen LogP contribution in [0.5, 0.6) is 0 Å².